The highest BCUT2D eigenvalue weighted by molar-refractivity contribution is 6.86. The first-order valence-electron chi connectivity index (χ1n) is 43.6. The monoisotopic (exact) mass is 1850 g/mol. The number of esters is 2. The number of aromatic nitrogens is 3. The van der Waals surface area contributed by atoms with Crippen molar-refractivity contribution in [2.75, 3.05) is 66.8 Å². The van der Waals surface area contributed by atoms with Gasteiger partial charge in [0.15, 0.2) is 16.6 Å². The van der Waals surface area contributed by atoms with E-state index in [-0.39, 0.29) is 32.1 Å². The summed E-state index contributed by atoms with van der Waals surface area (Å²) in [6.45, 7) is 79.8. The van der Waals surface area contributed by atoms with Gasteiger partial charge in [0, 0.05) is 71.9 Å². The Morgan fingerprint density at radius 2 is 0.667 bits per heavy atom. The highest BCUT2D eigenvalue weighted by Crippen LogP contribution is 2.31. The molecule has 1 rings (SSSR count). The van der Waals surface area contributed by atoms with Crippen LogP contribution in [0.15, 0.2) is 89.4 Å². The highest BCUT2D eigenvalue weighted by Gasteiger charge is 2.49. The second-order valence-electron chi connectivity index (χ2n) is 33.2. The van der Waals surface area contributed by atoms with Gasteiger partial charge in [0.1, 0.15) is 12.5 Å². The summed E-state index contributed by atoms with van der Waals surface area (Å²) in [7, 11) is -20.9. The predicted molar refractivity (Wildman–Crippen MR) is 512 cm³/mol. The van der Waals surface area contributed by atoms with Crippen molar-refractivity contribution >= 4 is 106 Å². The van der Waals surface area contributed by atoms with E-state index in [4.69, 9.17) is 69.6 Å². The number of ether oxygens (including phenoxy) is 2. The minimum absolute atomic E-state index is 0.107. The van der Waals surface area contributed by atoms with Crippen LogP contribution in [0.4, 0.5) is 0 Å². The zero-order valence-corrected chi connectivity index (χ0v) is 90.8. The summed E-state index contributed by atoms with van der Waals surface area (Å²) in [5, 5.41) is 0. The molecule has 0 aliphatic rings. The van der Waals surface area contributed by atoms with Crippen molar-refractivity contribution in [3.8, 4) is 0 Å². The molecule has 688 valence electrons. The summed E-state index contributed by atoms with van der Waals surface area (Å²) in [5.74, 6) is -0.835. The van der Waals surface area contributed by atoms with Crippen molar-refractivity contribution in [2.45, 2.75) is 358 Å². The van der Waals surface area contributed by atoms with Crippen molar-refractivity contribution in [1.82, 2.24) is 13.7 Å². The van der Waals surface area contributed by atoms with Gasteiger partial charge < -0.3 is 69.6 Å². The zero-order chi connectivity index (χ0) is 90.9. The molecule has 0 saturated carbocycles. The van der Waals surface area contributed by atoms with Crippen LogP contribution in [0.1, 0.15) is 205 Å². The molecule has 0 radical (unpaired) electrons. The molecule has 0 N–H and O–H groups in total. The molecule has 0 amide bonds. The zero-order valence-electron chi connectivity index (χ0n) is 79.8. The lowest BCUT2D eigenvalue weighted by atomic mass is 10.1. The molecule has 1 aromatic heterocycles. The third kappa shape index (κ3) is 54.9. The fourth-order valence-electron chi connectivity index (χ4n) is 12.7. The second-order valence-corrected chi connectivity index (χ2v) is 73.0. The topological polar surface area (TPSA) is 248 Å². The molecule has 8 atom stereocenters. The summed E-state index contributed by atoms with van der Waals surface area (Å²) in [6, 6.07) is 6.27. The van der Waals surface area contributed by atoms with E-state index in [0.29, 0.717) is 69.5 Å². The molecule has 0 aliphatic carbocycles. The van der Waals surface area contributed by atoms with Gasteiger partial charge in [0.25, 0.3) is 0 Å². The summed E-state index contributed by atoms with van der Waals surface area (Å²) in [5.41, 5.74) is 0.893. The van der Waals surface area contributed by atoms with Crippen molar-refractivity contribution in [1.29, 1.82) is 0 Å². The summed E-state index contributed by atoms with van der Waals surface area (Å²) >= 11 is 0. The molecule has 0 fully saturated rings. The first kappa shape index (κ1) is 121. The van der Waals surface area contributed by atoms with Gasteiger partial charge >= 0.3 is 106 Å². The van der Waals surface area contributed by atoms with Crippen molar-refractivity contribution in [3.05, 3.63) is 107 Å². The van der Waals surface area contributed by atoms with E-state index in [2.05, 4.69) is 160 Å². The lowest BCUT2D eigenvalue weighted by molar-refractivity contribution is -0.138. The number of nitrogens with zero attached hydrogens (tertiary/aromatic N) is 3. The lowest BCUT2D eigenvalue weighted by Crippen LogP contribution is -2.60. The van der Waals surface area contributed by atoms with Gasteiger partial charge in [0.05, 0.1) is 13.2 Å². The number of hydrogen-bond donors (Lipinski definition) is 0. The molecule has 0 spiro atoms. The fourth-order valence-corrected chi connectivity index (χ4v) is 54.6. The number of hydrogen-bond acceptors (Lipinski definition) is 21. The van der Waals surface area contributed by atoms with E-state index in [1.54, 1.807) is 53.0 Å². The molecule has 24 nitrogen and oxygen atoms in total. The van der Waals surface area contributed by atoms with Gasteiger partial charge in [-0.2, -0.15) is 0 Å². The first-order chi connectivity index (χ1) is 54.6. The molecule has 0 aliphatic heterocycles. The van der Waals surface area contributed by atoms with Crippen LogP contribution in [-0.4, -0.2) is 186 Å². The van der Waals surface area contributed by atoms with Crippen LogP contribution >= 0.6 is 0 Å². The van der Waals surface area contributed by atoms with E-state index >= 15 is 0 Å². The Kier molecular flexibility index (Phi) is 66.5. The number of unbranched alkanes of at least 4 members (excludes halogenated alkanes) is 9. The number of rotatable bonds is 66. The summed E-state index contributed by atoms with van der Waals surface area (Å²) in [4.78, 5) is 64.0. The van der Waals surface area contributed by atoms with Crippen molar-refractivity contribution < 1.29 is 79.2 Å². The summed E-state index contributed by atoms with van der Waals surface area (Å²) in [6.07, 6.45) is 24.6. The third-order valence-corrected chi connectivity index (χ3v) is 59.6. The smallest absolute Gasteiger partial charge is 0.365 e. The fraction of sp³-hybridized carbons (Fsp3) is 0.793. The lowest BCUT2D eigenvalue weighted by Gasteiger charge is -2.40. The quantitative estimate of drug-likeness (QED) is 0.0193. The Bertz CT molecular complexity index is 3100. The SMILES string of the molecule is C=C.C=C(C)C(=O)OC[Si](C)(OC)O[Si](C)(CCC)OCCCC.C=C(C)C(=O)OC[Si](C)(O[Si](C)(C)OCCCC)O[Si](C)(CCC)OCCCC.C=CCO[Si](C)(C=C)O[Si](C)(C)CCCn1c(=O)n(CCCC)c(=O)n(CCC[Si](C)(C)O[Si](C)(CCC)OCC=C)c1=O.CCCCCCCC[Si](C)(OC)O[Si](C)(CCC)OC. The normalized spacial score (nSPS) is 15.8. The maximum absolute atomic E-state index is 13.6. The molecule has 0 saturated heterocycles. The Hall–Kier alpha value is -2.38. The van der Waals surface area contributed by atoms with E-state index in [1.165, 1.54) is 52.2 Å². The van der Waals surface area contributed by atoms with Crippen LogP contribution in [0.5, 0.6) is 0 Å². The molecule has 8 unspecified atom stereocenters. The Morgan fingerprint density at radius 3 is 1.04 bits per heavy atom. The molecular weight excluding hydrogens is 1670 g/mol. The maximum Gasteiger partial charge on any atom is 0.365 e. The first-order valence-corrected chi connectivity index (χ1v) is 72.7. The number of carbonyl (C=O) groups excluding carboxylic acids is 2. The molecular formula is C82H175N3O21Si11. The largest absolute Gasteiger partial charge is 0.460 e. The third-order valence-electron chi connectivity index (χ3n) is 19.0. The van der Waals surface area contributed by atoms with E-state index in [1.807, 2.05) is 39.7 Å². The minimum atomic E-state index is -2.90. The van der Waals surface area contributed by atoms with Crippen LogP contribution in [0.25, 0.3) is 0 Å². The van der Waals surface area contributed by atoms with Crippen molar-refractivity contribution in [2.24, 2.45) is 0 Å². The van der Waals surface area contributed by atoms with Crippen molar-refractivity contribution in [3.63, 3.8) is 0 Å². The predicted octanol–water partition coefficient (Wildman–Crippen LogP) is 21.1. The average Bonchev–Trinajstić information content (AvgIpc) is 0.447. The highest BCUT2D eigenvalue weighted by atomic mass is 28.5. The van der Waals surface area contributed by atoms with E-state index < -0.39 is 123 Å². The van der Waals surface area contributed by atoms with E-state index in [0.717, 1.165) is 107 Å². The van der Waals surface area contributed by atoms with Gasteiger partial charge in [0.2, 0.25) is 0 Å². The molecule has 0 bridgehead atoms. The molecule has 0 aromatic carbocycles. The molecule has 1 heterocycles. The van der Waals surface area contributed by atoms with Gasteiger partial charge in [-0.3, -0.25) is 0 Å². The summed E-state index contributed by atoms with van der Waals surface area (Å²) < 4.78 is 101. The van der Waals surface area contributed by atoms with Crippen LogP contribution in [-0.2, 0) is 98.8 Å². The van der Waals surface area contributed by atoms with Crippen LogP contribution in [0, 0.1) is 0 Å². The van der Waals surface area contributed by atoms with Gasteiger partial charge in [-0.1, -0.05) is 183 Å². The Balaban J connectivity index is -0.000000761. The van der Waals surface area contributed by atoms with E-state index in [9.17, 15) is 24.0 Å². The van der Waals surface area contributed by atoms with Gasteiger partial charge in [-0.25, -0.2) is 37.7 Å². The van der Waals surface area contributed by atoms with Crippen LogP contribution in [0.3, 0.4) is 0 Å². The average molecular weight is 1850 g/mol. The molecule has 1 aromatic rings. The molecule has 35 heteroatoms. The molecule has 117 heavy (non-hydrogen) atoms. The Morgan fingerprint density at radius 1 is 0.342 bits per heavy atom. The second kappa shape index (κ2) is 64.4. The Labute approximate surface area is 725 Å². The van der Waals surface area contributed by atoms with Crippen LogP contribution < -0.4 is 17.1 Å². The van der Waals surface area contributed by atoms with Gasteiger partial charge in [-0.15, -0.1) is 32.9 Å². The van der Waals surface area contributed by atoms with Crippen LogP contribution in [0.2, 0.25) is 134 Å². The van der Waals surface area contributed by atoms with Gasteiger partial charge in [-0.05, 0) is 186 Å². The maximum atomic E-state index is 13.6. The standard InChI is InChI=1S/C30H59N3O7Si4.C20H44O6Si3.C15H32O5Si2.C15H36O3Si2.C2H4/c1-12-17-20-31-28(34)32(21-18-26-41(6,7)39-43(10,16-5)37-23-13-2)30(36)33(29(31)35)22-19-27-42(8,9)40-44(11,25-15-4)38-24-14-3;1-10-13-15-23-27(6,7)25-29(9,18-22-20(21)19(4)5)26-28(8,17-12-3)24-16-14-11-2;1-8-10-11-19-21(6,12-9-2)20-22(7,17-5)13-18-15(16)14(3)4;1-7-9-10-11-12-13-15-20(6,17-4)18-19(5,16-3)14-8-2;1-2/h13-14,16H,2-3,5,12,15,17-27H2,1,4,6-11H3;4,10-18H2,1-3,5-9H3;3,8-13H2,1-2,4-7H3;7-15H2,1-6H3;1-2H2. The minimum Gasteiger partial charge on any atom is -0.460 e. The number of carbonyl (C=O) groups is 2.